The number of nitrogens with two attached hydrogens (primary N) is 1. The number of nitriles is 1. The summed E-state index contributed by atoms with van der Waals surface area (Å²) in [6.45, 7) is 1.28. The zero-order valence-corrected chi connectivity index (χ0v) is 11.7. The van der Waals surface area contributed by atoms with Gasteiger partial charge in [-0.1, -0.05) is 18.5 Å². The van der Waals surface area contributed by atoms with Crippen molar-refractivity contribution in [3.63, 3.8) is 0 Å². The van der Waals surface area contributed by atoms with E-state index in [2.05, 4.69) is 0 Å². The van der Waals surface area contributed by atoms with E-state index in [0.717, 1.165) is 4.31 Å². The smallest absolute Gasteiger partial charge is 0.243 e. The zero-order chi connectivity index (χ0) is 14.6. The normalized spacial score (nSPS) is 11.3. The molecule has 0 aliphatic heterocycles. The average molecular weight is 302 g/mol. The summed E-state index contributed by atoms with van der Waals surface area (Å²) in [4.78, 5) is 10.8. The Morgan fingerprint density at radius 3 is 2.58 bits per heavy atom. The molecule has 0 radical (unpaired) electrons. The van der Waals surface area contributed by atoms with E-state index in [4.69, 9.17) is 22.6 Å². The number of carbonyl (C=O) groups excluding carboxylic acids is 1. The highest BCUT2D eigenvalue weighted by Gasteiger charge is 2.25. The second kappa shape index (κ2) is 6.02. The number of sulfonamides is 1. The summed E-state index contributed by atoms with van der Waals surface area (Å²) < 4.78 is 25.4. The van der Waals surface area contributed by atoms with Gasteiger partial charge in [0.1, 0.15) is 6.07 Å². The molecule has 0 spiro atoms. The lowest BCUT2D eigenvalue weighted by Gasteiger charge is -2.18. The van der Waals surface area contributed by atoms with Crippen LogP contribution in [0.15, 0.2) is 23.1 Å². The minimum atomic E-state index is -3.86. The van der Waals surface area contributed by atoms with Gasteiger partial charge in [0.05, 0.1) is 22.0 Å². The molecule has 0 atom stereocenters. The fourth-order valence-corrected chi connectivity index (χ4v) is 3.17. The summed E-state index contributed by atoms with van der Waals surface area (Å²) in [6.07, 6.45) is 0. The second-order valence-electron chi connectivity index (χ2n) is 3.65. The molecule has 0 saturated heterocycles. The maximum Gasteiger partial charge on any atom is 0.243 e. The van der Waals surface area contributed by atoms with Crippen LogP contribution in [0.2, 0.25) is 5.02 Å². The molecule has 102 valence electrons. The number of nitrogens with zero attached hydrogens (tertiary/aromatic N) is 2. The van der Waals surface area contributed by atoms with Gasteiger partial charge >= 0.3 is 0 Å². The van der Waals surface area contributed by atoms with Crippen molar-refractivity contribution < 1.29 is 13.2 Å². The van der Waals surface area contributed by atoms with E-state index in [1.807, 2.05) is 6.07 Å². The first kappa shape index (κ1) is 15.4. The van der Waals surface area contributed by atoms with Crippen LogP contribution < -0.4 is 5.73 Å². The SMILES string of the molecule is CCN(CC(N)=O)S(=O)(=O)c1ccc(C#N)c(Cl)c1. The average Bonchev–Trinajstić information content (AvgIpc) is 2.35. The number of primary amides is 1. The summed E-state index contributed by atoms with van der Waals surface area (Å²) in [5, 5.41) is 8.77. The first-order valence-corrected chi connectivity index (χ1v) is 7.12. The van der Waals surface area contributed by atoms with Crippen molar-refractivity contribution in [3.05, 3.63) is 28.8 Å². The van der Waals surface area contributed by atoms with Crippen LogP contribution in [0.4, 0.5) is 0 Å². The van der Waals surface area contributed by atoms with Crippen LogP contribution in [0.25, 0.3) is 0 Å². The largest absolute Gasteiger partial charge is 0.369 e. The van der Waals surface area contributed by atoms with Crippen molar-refractivity contribution in [2.24, 2.45) is 5.73 Å². The number of carbonyl (C=O) groups is 1. The molecule has 1 rings (SSSR count). The molecule has 0 aliphatic rings. The number of benzene rings is 1. The monoisotopic (exact) mass is 301 g/mol. The van der Waals surface area contributed by atoms with Crippen LogP contribution in [-0.2, 0) is 14.8 Å². The Bertz CT molecular complexity index is 637. The van der Waals surface area contributed by atoms with Gasteiger partial charge in [0.25, 0.3) is 0 Å². The number of halogens is 1. The van der Waals surface area contributed by atoms with E-state index in [-0.39, 0.29) is 22.0 Å². The first-order chi connectivity index (χ1) is 8.82. The van der Waals surface area contributed by atoms with Crippen LogP contribution >= 0.6 is 11.6 Å². The van der Waals surface area contributed by atoms with E-state index >= 15 is 0 Å². The minimum Gasteiger partial charge on any atom is -0.369 e. The summed E-state index contributed by atoms with van der Waals surface area (Å²) in [5.74, 6) is -0.745. The molecule has 6 nitrogen and oxygen atoms in total. The zero-order valence-electron chi connectivity index (χ0n) is 10.1. The van der Waals surface area contributed by atoms with Gasteiger partial charge in [-0.05, 0) is 18.2 Å². The first-order valence-electron chi connectivity index (χ1n) is 5.31. The highest BCUT2D eigenvalue weighted by molar-refractivity contribution is 7.89. The Morgan fingerprint density at radius 2 is 2.16 bits per heavy atom. The van der Waals surface area contributed by atoms with Crippen molar-refractivity contribution in [1.29, 1.82) is 5.26 Å². The standard InChI is InChI=1S/C11H12ClN3O3S/c1-2-15(7-11(14)16)19(17,18)9-4-3-8(6-13)10(12)5-9/h3-5H,2,7H2,1H3,(H2,14,16). The molecular weight excluding hydrogens is 290 g/mol. The van der Waals surface area contributed by atoms with Crippen molar-refractivity contribution in [1.82, 2.24) is 4.31 Å². The number of rotatable bonds is 5. The number of amides is 1. The Morgan fingerprint density at radius 1 is 1.53 bits per heavy atom. The molecule has 0 saturated carbocycles. The number of hydrogen-bond donors (Lipinski definition) is 1. The van der Waals surface area contributed by atoms with Crippen molar-refractivity contribution in [3.8, 4) is 6.07 Å². The lowest BCUT2D eigenvalue weighted by Crippen LogP contribution is -2.38. The van der Waals surface area contributed by atoms with E-state index in [1.165, 1.54) is 18.2 Å². The molecule has 0 aliphatic carbocycles. The van der Waals surface area contributed by atoms with E-state index in [0.29, 0.717) is 0 Å². The van der Waals surface area contributed by atoms with Gasteiger partial charge in [0.15, 0.2) is 0 Å². The fraction of sp³-hybridized carbons (Fsp3) is 0.273. The van der Waals surface area contributed by atoms with Gasteiger partial charge in [-0.2, -0.15) is 9.57 Å². The van der Waals surface area contributed by atoms with Crippen LogP contribution in [0.3, 0.4) is 0 Å². The summed E-state index contributed by atoms with van der Waals surface area (Å²) in [6, 6.07) is 5.59. The molecule has 2 N–H and O–H groups in total. The molecule has 1 aromatic carbocycles. The van der Waals surface area contributed by atoms with Crippen LogP contribution in [0.5, 0.6) is 0 Å². The third-order valence-corrected chi connectivity index (χ3v) is 4.61. The van der Waals surface area contributed by atoms with Gasteiger partial charge < -0.3 is 5.73 Å². The minimum absolute atomic E-state index is 0.0405. The van der Waals surface area contributed by atoms with Crippen LogP contribution in [-0.4, -0.2) is 31.7 Å². The lowest BCUT2D eigenvalue weighted by atomic mass is 10.2. The Kier molecular flexibility index (Phi) is 4.89. The molecule has 19 heavy (non-hydrogen) atoms. The number of likely N-dealkylation sites (N-methyl/N-ethyl adjacent to an activating group) is 1. The predicted octanol–water partition coefficient (Wildman–Crippen LogP) is 0.708. The molecule has 8 heteroatoms. The molecular formula is C11H12ClN3O3S. The third-order valence-electron chi connectivity index (χ3n) is 2.38. The quantitative estimate of drug-likeness (QED) is 0.864. The van der Waals surface area contributed by atoms with Crippen molar-refractivity contribution in [2.45, 2.75) is 11.8 Å². The van der Waals surface area contributed by atoms with E-state index in [9.17, 15) is 13.2 Å². The van der Waals surface area contributed by atoms with Gasteiger partial charge in [-0.3, -0.25) is 4.79 Å². The highest BCUT2D eigenvalue weighted by atomic mass is 35.5. The third kappa shape index (κ3) is 3.44. The van der Waals surface area contributed by atoms with Crippen LogP contribution in [0, 0.1) is 11.3 Å². The molecule has 0 aromatic heterocycles. The topological polar surface area (TPSA) is 104 Å². The van der Waals surface area contributed by atoms with Gasteiger partial charge in [0.2, 0.25) is 15.9 Å². The molecule has 0 fully saturated rings. The number of hydrogen-bond acceptors (Lipinski definition) is 4. The van der Waals surface area contributed by atoms with Gasteiger partial charge in [-0.25, -0.2) is 8.42 Å². The fourth-order valence-electron chi connectivity index (χ4n) is 1.44. The summed E-state index contributed by atoms with van der Waals surface area (Å²) >= 11 is 5.79. The van der Waals surface area contributed by atoms with E-state index < -0.39 is 22.5 Å². The van der Waals surface area contributed by atoms with Gasteiger partial charge in [0, 0.05) is 6.54 Å². The predicted molar refractivity (Wildman–Crippen MR) is 69.8 cm³/mol. The molecule has 0 unspecified atom stereocenters. The Hall–Kier alpha value is -1.62. The second-order valence-corrected chi connectivity index (χ2v) is 6.00. The molecule has 0 bridgehead atoms. The summed E-state index contributed by atoms with van der Waals surface area (Å²) in [5.41, 5.74) is 5.18. The van der Waals surface area contributed by atoms with Crippen LogP contribution in [0.1, 0.15) is 12.5 Å². The van der Waals surface area contributed by atoms with Gasteiger partial charge in [-0.15, -0.1) is 0 Å². The highest BCUT2D eigenvalue weighted by Crippen LogP contribution is 2.22. The molecule has 1 amide bonds. The summed E-state index contributed by atoms with van der Waals surface area (Å²) in [7, 11) is -3.86. The Balaban J connectivity index is 3.23. The Labute approximate surface area is 116 Å². The molecule has 1 aromatic rings. The van der Waals surface area contributed by atoms with Crippen molar-refractivity contribution >= 4 is 27.5 Å². The maximum absolute atomic E-state index is 12.2. The molecule has 0 heterocycles. The van der Waals surface area contributed by atoms with E-state index in [1.54, 1.807) is 6.92 Å². The maximum atomic E-state index is 12.2. The lowest BCUT2D eigenvalue weighted by molar-refractivity contribution is -0.118. The van der Waals surface area contributed by atoms with Crippen molar-refractivity contribution in [2.75, 3.05) is 13.1 Å².